The van der Waals surface area contributed by atoms with Gasteiger partial charge in [0.25, 0.3) is 0 Å². The van der Waals surface area contributed by atoms with E-state index in [0.29, 0.717) is 40.8 Å². The van der Waals surface area contributed by atoms with E-state index < -0.39 is 52.7 Å². The lowest BCUT2D eigenvalue weighted by Crippen LogP contribution is -2.51. The van der Waals surface area contributed by atoms with Crippen molar-refractivity contribution >= 4 is 23.9 Å². The van der Waals surface area contributed by atoms with Crippen LogP contribution in [0.2, 0.25) is 0 Å². The SMILES string of the molecule is CC(C)(C)OC(=O)N1CCC2(C1)OC(=O)c1ccc(-c3ccc(C[C@@H](C#N)CC(=O)[C@@H]4[C@H]5CC[C@H](C5)N4C(=O)OC(C)(C)C)c(F)c3)cc12. The van der Waals surface area contributed by atoms with E-state index in [4.69, 9.17) is 14.2 Å². The van der Waals surface area contributed by atoms with Crippen molar-refractivity contribution in [2.75, 3.05) is 13.1 Å². The van der Waals surface area contributed by atoms with Gasteiger partial charge in [-0.15, -0.1) is 0 Å². The van der Waals surface area contributed by atoms with E-state index in [0.717, 1.165) is 19.3 Å². The fraction of sp³-hybridized carbons (Fsp3) is 0.553. The Labute approximate surface area is 286 Å². The molecule has 1 aliphatic carbocycles. The summed E-state index contributed by atoms with van der Waals surface area (Å²) in [5, 5.41) is 9.98. The van der Waals surface area contributed by atoms with Crippen LogP contribution in [0.5, 0.6) is 0 Å². The van der Waals surface area contributed by atoms with Gasteiger partial charge in [0.15, 0.2) is 11.4 Å². The number of hydrogen-bond acceptors (Lipinski definition) is 8. The summed E-state index contributed by atoms with van der Waals surface area (Å²) in [6, 6.07) is 11.5. The summed E-state index contributed by atoms with van der Waals surface area (Å²) >= 11 is 0. The number of fused-ring (bicyclic) bond motifs is 4. The molecule has 10 nitrogen and oxygen atoms in total. The minimum absolute atomic E-state index is 0.0390. The lowest BCUT2D eigenvalue weighted by atomic mass is 9.87. The molecule has 3 aliphatic heterocycles. The van der Waals surface area contributed by atoms with E-state index in [1.54, 1.807) is 70.7 Å². The van der Waals surface area contributed by atoms with Gasteiger partial charge in [-0.05, 0) is 108 Å². The van der Waals surface area contributed by atoms with Crippen molar-refractivity contribution in [3.05, 3.63) is 58.9 Å². The third-order valence-electron chi connectivity index (χ3n) is 9.90. The van der Waals surface area contributed by atoms with Crippen LogP contribution in [0.3, 0.4) is 0 Å². The predicted octanol–water partition coefficient (Wildman–Crippen LogP) is 6.93. The first-order valence-electron chi connectivity index (χ1n) is 17.1. The Balaban J connectivity index is 1.16. The zero-order valence-corrected chi connectivity index (χ0v) is 29.0. The van der Waals surface area contributed by atoms with Crippen LogP contribution in [0.25, 0.3) is 11.1 Å². The van der Waals surface area contributed by atoms with Crippen molar-refractivity contribution in [3.8, 4) is 17.2 Å². The van der Waals surface area contributed by atoms with E-state index in [9.17, 15) is 24.4 Å². The monoisotopic (exact) mass is 673 g/mol. The van der Waals surface area contributed by atoms with Gasteiger partial charge in [-0.1, -0.05) is 18.2 Å². The van der Waals surface area contributed by atoms with Crippen LogP contribution in [0.1, 0.15) is 95.1 Å². The molecule has 4 aliphatic rings. The molecule has 2 aromatic rings. The Kier molecular flexibility index (Phi) is 8.74. The van der Waals surface area contributed by atoms with E-state index in [1.165, 1.54) is 11.0 Å². The minimum atomic E-state index is -1.01. The van der Waals surface area contributed by atoms with Crippen LogP contribution >= 0.6 is 0 Å². The smallest absolute Gasteiger partial charge is 0.411 e. The second kappa shape index (κ2) is 12.5. The number of nitriles is 1. The maximum atomic E-state index is 15.6. The third-order valence-corrected chi connectivity index (χ3v) is 9.90. The van der Waals surface area contributed by atoms with Gasteiger partial charge in [0.2, 0.25) is 0 Å². The fourth-order valence-corrected chi connectivity index (χ4v) is 7.80. The maximum absolute atomic E-state index is 15.6. The molecule has 6 rings (SSSR count). The van der Waals surface area contributed by atoms with Gasteiger partial charge >= 0.3 is 18.2 Å². The lowest BCUT2D eigenvalue weighted by molar-refractivity contribution is -0.126. The standard InChI is InChI=1S/C38H44FN3O7/c1-36(2,3)48-34(45)41-14-13-38(21-41)29-18-23(10-12-28(29)33(44)47-38)24-7-8-25(30(39)19-24)15-22(20-40)16-31(43)32-26-9-11-27(17-26)42(32)35(46)49-37(4,5)6/h7-8,10,12,18-19,22,26-27,32H,9,11,13-17,21H2,1-6H3/t22-,26+,27-,32+,38?/m1/s1. The first-order chi connectivity index (χ1) is 23.0. The number of piperidine rings is 1. The zero-order chi connectivity index (χ0) is 35.5. The Morgan fingerprint density at radius 1 is 1.02 bits per heavy atom. The van der Waals surface area contributed by atoms with Crippen LogP contribution in [0.15, 0.2) is 36.4 Å². The van der Waals surface area contributed by atoms with Crippen LogP contribution in [0, 0.1) is 29.0 Å². The normalized spacial score (nSPS) is 24.9. The number of esters is 1. The molecule has 3 fully saturated rings. The summed E-state index contributed by atoms with van der Waals surface area (Å²) in [7, 11) is 0. The summed E-state index contributed by atoms with van der Waals surface area (Å²) in [5.74, 6) is -1.91. The van der Waals surface area contributed by atoms with Crippen molar-refractivity contribution in [2.24, 2.45) is 11.8 Å². The Bertz CT molecular complexity index is 1740. The highest BCUT2D eigenvalue weighted by Gasteiger charge is 2.53. The molecule has 2 bridgehead atoms. The van der Waals surface area contributed by atoms with Crippen LogP contribution in [-0.2, 0) is 31.0 Å². The quantitative estimate of drug-likeness (QED) is 0.239. The molecule has 0 aromatic heterocycles. The number of benzene rings is 2. The number of hydrogen-bond donors (Lipinski definition) is 0. The number of halogens is 1. The predicted molar refractivity (Wildman–Crippen MR) is 177 cm³/mol. The summed E-state index contributed by atoms with van der Waals surface area (Å²) < 4.78 is 32.6. The number of nitrogens with zero attached hydrogens (tertiary/aromatic N) is 3. The summed E-state index contributed by atoms with van der Waals surface area (Å²) in [6.45, 7) is 11.2. The Morgan fingerprint density at radius 2 is 1.69 bits per heavy atom. The number of carbonyl (C=O) groups excluding carboxylic acids is 4. The van der Waals surface area contributed by atoms with Crippen LogP contribution < -0.4 is 0 Å². The molecule has 0 radical (unpaired) electrons. The number of rotatable bonds is 6. The van der Waals surface area contributed by atoms with Gasteiger partial charge < -0.3 is 19.1 Å². The van der Waals surface area contributed by atoms with Crippen molar-refractivity contribution in [2.45, 2.75) is 109 Å². The van der Waals surface area contributed by atoms with E-state index in [1.807, 2.05) is 6.07 Å². The first-order valence-corrected chi connectivity index (χ1v) is 17.1. The van der Waals surface area contributed by atoms with Crippen LogP contribution in [0.4, 0.5) is 14.0 Å². The average molecular weight is 674 g/mol. The number of carbonyl (C=O) groups is 4. The Morgan fingerprint density at radius 3 is 2.37 bits per heavy atom. The summed E-state index contributed by atoms with van der Waals surface area (Å²) in [4.78, 5) is 55.3. The second-order valence-electron chi connectivity index (χ2n) is 15.9. The molecule has 2 aromatic carbocycles. The number of Topliss-reactive ketones (excluding diaryl/α,β-unsaturated/α-hetero) is 1. The highest BCUT2D eigenvalue weighted by Crippen LogP contribution is 2.46. The fourth-order valence-electron chi connectivity index (χ4n) is 7.80. The van der Waals surface area contributed by atoms with Gasteiger partial charge in [0.1, 0.15) is 17.0 Å². The molecule has 1 saturated carbocycles. The van der Waals surface area contributed by atoms with Crippen LogP contribution in [-0.4, -0.2) is 70.1 Å². The molecule has 2 amide bonds. The summed E-state index contributed by atoms with van der Waals surface area (Å²) in [6.07, 6.45) is 1.80. The number of likely N-dealkylation sites (tertiary alicyclic amines) is 2. The topological polar surface area (TPSA) is 126 Å². The maximum Gasteiger partial charge on any atom is 0.411 e. The van der Waals surface area contributed by atoms with Crippen molar-refractivity contribution in [1.82, 2.24) is 9.80 Å². The average Bonchev–Trinajstić information content (AvgIpc) is 3.79. The first kappa shape index (κ1) is 34.4. The molecule has 5 atom stereocenters. The van der Waals surface area contributed by atoms with Crippen molar-refractivity contribution < 1.29 is 37.8 Å². The Hall–Kier alpha value is -4.46. The highest BCUT2D eigenvalue weighted by atomic mass is 19.1. The molecule has 0 N–H and O–H groups in total. The molecule has 1 unspecified atom stereocenters. The number of ether oxygens (including phenoxy) is 3. The molecule has 2 saturated heterocycles. The van der Waals surface area contributed by atoms with Crippen molar-refractivity contribution in [1.29, 1.82) is 5.26 Å². The molecular weight excluding hydrogens is 629 g/mol. The van der Waals surface area contributed by atoms with Gasteiger partial charge in [-0.25, -0.2) is 18.8 Å². The van der Waals surface area contributed by atoms with Gasteiger partial charge in [0.05, 0.1) is 30.1 Å². The molecule has 260 valence electrons. The summed E-state index contributed by atoms with van der Waals surface area (Å²) in [5.41, 5.74) is 0.230. The molecule has 49 heavy (non-hydrogen) atoms. The second-order valence-corrected chi connectivity index (χ2v) is 15.9. The number of amides is 2. The highest BCUT2D eigenvalue weighted by molar-refractivity contribution is 5.96. The van der Waals surface area contributed by atoms with E-state index >= 15 is 4.39 Å². The number of ketones is 1. The van der Waals surface area contributed by atoms with E-state index in [2.05, 4.69) is 6.07 Å². The lowest BCUT2D eigenvalue weighted by Gasteiger charge is -2.35. The molecule has 1 spiro atoms. The van der Waals surface area contributed by atoms with Crippen molar-refractivity contribution in [3.63, 3.8) is 0 Å². The zero-order valence-electron chi connectivity index (χ0n) is 29.0. The van der Waals surface area contributed by atoms with Gasteiger partial charge in [-0.3, -0.25) is 9.69 Å². The molecule has 11 heteroatoms. The van der Waals surface area contributed by atoms with Gasteiger partial charge in [-0.2, -0.15) is 5.26 Å². The molecular formula is C38H44FN3O7. The third kappa shape index (κ3) is 6.87. The largest absolute Gasteiger partial charge is 0.449 e. The minimum Gasteiger partial charge on any atom is -0.449 e. The molecule has 3 heterocycles. The van der Waals surface area contributed by atoms with E-state index in [-0.39, 0.29) is 37.1 Å². The van der Waals surface area contributed by atoms with Gasteiger partial charge in [0, 0.05) is 31.0 Å².